The number of benzene rings is 2. The molecule has 1 N–H and O–H groups in total. The fourth-order valence-corrected chi connectivity index (χ4v) is 4.39. The van der Waals surface area contributed by atoms with Crippen LogP contribution in [0.4, 0.5) is 0 Å². The van der Waals surface area contributed by atoms with E-state index >= 15 is 0 Å². The Hall–Kier alpha value is -2.56. The van der Waals surface area contributed by atoms with E-state index in [2.05, 4.69) is 5.32 Å². The van der Waals surface area contributed by atoms with E-state index in [0.717, 1.165) is 29.7 Å². The Morgan fingerprint density at radius 3 is 2.60 bits per heavy atom. The summed E-state index contributed by atoms with van der Waals surface area (Å²) in [6.45, 7) is 2.00. The molecule has 0 radical (unpaired) electrons. The SMILES string of the molecule is CC1=C(C(=O)OCc2ccccc2)C(c2ccc(Cl)c(Cl)c2)C2=C(CCCC2=O)N1. The molecule has 1 aliphatic heterocycles. The van der Waals surface area contributed by atoms with Crippen LogP contribution in [0.15, 0.2) is 71.1 Å². The number of rotatable bonds is 4. The fraction of sp³-hybridized carbons (Fsp3) is 0.250. The number of hydrogen-bond acceptors (Lipinski definition) is 4. The van der Waals surface area contributed by atoms with Crippen LogP contribution in [-0.2, 0) is 20.9 Å². The third-order valence-electron chi connectivity index (χ3n) is 5.49. The van der Waals surface area contributed by atoms with Crippen LogP contribution in [0, 0.1) is 0 Å². The summed E-state index contributed by atoms with van der Waals surface area (Å²) in [7, 11) is 0. The van der Waals surface area contributed by atoms with Crippen molar-refractivity contribution in [1.29, 1.82) is 0 Å². The van der Waals surface area contributed by atoms with Crippen molar-refractivity contribution >= 4 is 35.0 Å². The number of allylic oxidation sites excluding steroid dienone is 3. The first kappa shape index (κ1) is 20.7. The molecule has 0 amide bonds. The summed E-state index contributed by atoms with van der Waals surface area (Å²) in [6.07, 6.45) is 2.02. The van der Waals surface area contributed by atoms with Crippen LogP contribution in [0.25, 0.3) is 0 Å². The summed E-state index contributed by atoms with van der Waals surface area (Å²) in [4.78, 5) is 26.1. The fourth-order valence-electron chi connectivity index (χ4n) is 4.08. The molecule has 1 aliphatic carbocycles. The zero-order chi connectivity index (χ0) is 21.3. The summed E-state index contributed by atoms with van der Waals surface area (Å²) < 4.78 is 5.63. The number of carbonyl (C=O) groups is 2. The lowest BCUT2D eigenvalue weighted by atomic mass is 9.75. The average molecular weight is 442 g/mol. The normalized spacial score (nSPS) is 18.8. The predicted molar refractivity (Wildman–Crippen MR) is 117 cm³/mol. The number of dihydropyridines is 1. The molecule has 6 heteroatoms. The largest absolute Gasteiger partial charge is 0.457 e. The quantitative estimate of drug-likeness (QED) is 0.617. The zero-order valence-corrected chi connectivity index (χ0v) is 18.0. The molecule has 1 heterocycles. The Balaban J connectivity index is 1.73. The molecule has 0 saturated heterocycles. The molecular weight excluding hydrogens is 421 g/mol. The number of halogens is 2. The number of hydrogen-bond donors (Lipinski definition) is 1. The number of esters is 1. The lowest BCUT2D eigenvalue weighted by Crippen LogP contribution is -2.34. The standard InChI is InChI=1S/C24H21Cl2NO3/c1-14-21(24(29)30-13-15-6-3-2-4-7-15)22(16-10-11-17(25)18(26)12-16)23-19(27-14)8-5-9-20(23)28/h2-4,6-7,10-12,22,27H,5,8-9,13H2,1H3. The highest BCUT2D eigenvalue weighted by atomic mass is 35.5. The summed E-state index contributed by atoms with van der Waals surface area (Å²) >= 11 is 12.4. The van der Waals surface area contributed by atoms with Gasteiger partial charge in [0.25, 0.3) is 0 Å². The minimum atomic E-state index is -0.535. The zero-order valence-electron chi connectivity index (χ0n) is 16.5. The Labute approximate surface area is 185 Å². The minimum absolute atomic E-state index is 0.0423. The predicted octanol–water partition coefficient (Wildman–Crippen LogP) is 5.70. The summed E-state index contributed by atoms with van der Waals surface area (Å²) in [5, 5.41) is 4.09. The van der Waals surface area contributed by atoms with Crippen molar-refractivity contribution in [2.45, 2.75) is 38.7 Å². The monoisotopic (exact) mass is 441 g/mol. The lowest BCUT2D eigenvalue weighted by Gasteiger charge is -2.34. The van der Waals surface area contributed by atoms with Gasteiger partial charge in [0.15, 0.2) is 5.78 Å². The molecular formula is C24H21Cl2NO3. The first-order valence-electron chi connectivity index (χ1n) is 9.85. The van der Waals surface area contributed by atoms with Crippen molar-refractivity contribution in [3.63, 3.8) is 0 Å². The van der Waals surface area contributed by atoms with Crippen molar-refractivity contribution in [3.05, 3.63) is 92.2 Å². The van der Waals surface area contributed by atoms with Gasteiger partial charge >= 0.3 is 5.97 Å². The van der Waals surface area contributed by atoms with Crippen LogP contribution in [-0.4, -0.2) is 11.8 Å². The maximum Gasteiger partial charge on any atom is 0.337 e. The second kappa shape index (κ2) is 8.66. The van der Waals surface area contributed by atoms with E-state index in [9.17, 15) is 9.59 Å². The number of nitrogens with one attached hydrogen (secondary N) is 1. The Morgan fingerprint density at radius 2 is 1.87 bits per heavy atom. The van der Waals surface area contributed by atoms with Crippen LogP contribution in [0.5, 0.6) is 0 Å². The molecule has 2 aliphatic rings. The van der Waals surface area contributed by atoms with Crippen LogP contribution >= 0.6 is 23.2 Å². The molecule has 4 rings (SSSR count). The first-order chi connectivity index (χ1) is 14.5. The maximum atomic E-state index is 13.2. The highest BCUT2D eigenvalue weighted by Crippen LogP contribution is 2.43. The van der Waals surface area contributed by atoms with E-state index in [4.69, 9.17) is 27.9 Å². The van der Waals surface area contributed by atoms with Crippen LogP contribution < -0.4 is 5.32 Å². The second-order valence-electron chi connectivity index (χ2n) is 7.50. The molecule has 1 unspecified atom stereocenters. The smallest absolute Gasteiger partial charge is 0.337 e. The van der Waals surface area contributed by atoms with Gasteiger partial charge in [0.2, 0.25) is 0 Å². The van der Waals surface area contributed by atoms with Crippen LogP contribution in [0.2, 0.25) is 10.0 Å². The second-order valence-corrected chi connectivity index (χ2v) is 8.32. The minimum Gasteiger partial charge on any atom is -0.457 e. The molecule has 1 atom stereocenters. The van der Waals surface area contributed by atoms with Crippen LogP contribution in [0.1, 0.15) is 43.2 Å². The Kier molecular flexibility index (Phi) is 5.98. The van der Waals surface area contributed by atoms with Crippen molar-refractivity contribution in [1.82, 2.24) is 5.32 Å². The molecule has 0 aromatic heterocycles. The lowest BCUT2D eigenvalue weighted by molar-refractivity contribution is -0.140. The van der Waals surface area contributed by atoms with Gasteiger partial charge in [-0.1, -0.05) is 59.6 Å². The molecule has 2 aromatic rings. The van der Waals surface area contributed by atoms with Crippen molar-refractivity contribution in [2.75, 3.05) is 0 Å². The summed E-state index contributed by atoms with van der Waals surface area (Å²) in [5.41, 5.74) is 4.26. The van der Waals surface area contributed by atoms with Crippen molar-refractivity contribution in [2.24, 2.45) is 0 Å². The third kappa shape index (κ3) is 4.03. The number of carbonyl (C=O) groups excluding carboxylic acids is 2. The molecule has 0 spiro atoms. The molecule has 30 heavy (non-hydrogen) atoms. The van der Waals surface area contributed by atoms with E-state index in [-0.39, 0.29) is 12.4 Å². The molecule has 2 aromatic carbocycles. The third-order valence-corrected chi connectivity index (χ3v) is 6.22. The number of ketones is 1. The van der Waals surface area contributed by atoms with E-state index < -0.39 is 11.9 Å². The molecule has 0 fully saturated rings. The van der Waals surface area contributed by atoms with Gasteiger partial charge in [-0.25, -0.2) is 4.79 Å². The van der Waals surface area contributed by atoms with Gasteiger partial charge in [-0.15, -0.1) is 0 Å². The maximum absolute atomic E-state index is 13.2. The van der Waals surface area contributed by atoms with Gasteiger partial charge in [0.05, 0.1) is 15.6 Å². The molecule has 4 nitrogen and oxygen atoms in total. The highest BCUT2D eigenvalue weighted by molar-refractivity contribution is 6.42. The Morgan fingerprint density at radius 1 is 1.10 bits per heavy atom. The molecule has 154 valence electrons. The van der Waals surface area contributed by atoms with Gasteiger partial charge in [-0.3, -0.25) is 4.79 Å². The van der Waals surface area contributed by atoms with Gasteiger partial charge in [0, 0.05) is 29.3 Å². The Bertz CT molecular complexity index is 1070. The summed E-state index contributed by atoms with van der Waals surface area (Å²) in [5.74, 6) is -0.947. The van der Waals surface area contributed by atoms with Crippen LogP contribution in [0.3, 0.4) is 0 Å². The molecule has 0 bridgehead atoms. The number of Topliss-reactive ketones (excluding diaryl/α,β-unsaturated/α-hetero) is 1. The van der Waals surface area contributed by atoms with Gasteiger partial charge in [0.1, 0.15) is 6.61 Å². The topological polar surface area (TPSA) is 55.4 Å². The van der Waals surface area contributed by atoms with Crippen molar-refractivity contribution in [3.8, 4) is 0 Å². The van der Waals surface area contributed by atoms with Gasteiger partial charge in [-0.05, 0) is 43.0 Å². The van der Waals surface area contributed by atoms with Gasteiger partial charge in [-0.2, -0.15) is 0 Å². The highest BCUT2D eigenvalue weighted by Gasteiger charge is 2.39. The molecule has 0 saturated carbocycles. The van der Waals surface area contributed by atoms with E-state index in [1.54, 1.807) is 12.1 Å². The number of ether oxygens (including phenoxy) is 1. The van der Waals surface area contributed by atoms with E-state index in [1.807, 2.05) is 43.3 Å². The van der Waals surface area contributed by atoms with Gasteiger partial charge < -0.3 is 10.1 Å². The average Bonchev–Trinajstić information content (AvgIpc) is 2.74. The van der Waals surface area contributed by atoms with Crippen molar-refractivity contribution < 1.29 is 14.3 Å². The van der Waals surface area contributed by atoms with E-state index in [1.165, 1.54) is 0 Å². The first-order valence-corrected chi connectivity index (χ1v) is 10.6. The summed E-state index contributed by atoms with van der Waals surface area (Å²) in [6, 6.07) is 14.7. The van der Waals surface area contributed by atoms with E-state index in [0.29, 0.717) is 33.3 Å².